The summed E-state index contributed by atoms with van der Waals surface area (Å²) in [6.45, 7) is 9.05. The molecule has 172 valence electrons. The molecule has 4 heterocycles. The Kier molecular flexibility index (Phi) is 6.39. The summed E-state index contributed by atoms with van der Waals surface area (Å²) in [4.78, 5) is 30.7. The number of rotatable bonds is 6. The number of carbonyl (C=O) groups is 1. The highest BCUT2D eigenvalue weighted by Gasteiger charge is 2.20. The molecule has 1 N–H and O–H groups in total. The highest BCUT2D eigenvalue weighted by atomic mass is 16.2. The summed E-state index contributed by atoms with van der Waals surface area (Å²) in [7, 11) is 0. The first-order valence-corrected chi connectivity index (χ1v) is 11.1. The van der Waals surface area contributed by atoms with Crippen molar-refractivity contribution in [2.45, 2.75) is 60.2 Å². The molecular weight excluding hydrogens is 418 g/mol. The quantitative estimate of drug-likeness (QED) is 0.586. The predicted molar refractivity (Wildman–Crippen MR) is 125 cm³/mol. The Hall–Kier alpha value is -3.75. The third-order valence-corrected chi connectivity index (χ3v) is 6.03. The van der Waals surface area contributed by atoms with Crippen LogP contribution in [0.15, 0.2) is 52.7 Å². The zero-order chi connectivity index (χ0) is 23.5. The predicted octanol–water partition coefficient (Wildman–Crippen LogP) is 2.72. The molecule has 0 bridgehead atoms. The Morgan fingerprint density at radius 1 is 1.21 bits per heavy atom. The van der Waals surface area contributed by atoms with E-state index in [1.165, 1.54) is 10.1 Å². The second-order valence-corrected chi connectivity index (χ2v) is 8.30. The minimum atomic E-state index is -0.330. The fourth-order valence-corrected chi connectivity index (χ4v) is 3.92. The molecule has 1 aliphatic rings. The molecule has 4 rings (SSSR count). The topological polar surface area (TPSA) is 99.6 Å². The monoisotopic (exact) mass is 447 g/mol. The number of allylic oxidation sites excluding steroid dienone is 4. The van der Waals surface area contributed by atoms with Gasteiger partial charge >= 0.3 is 0 Å². The number of fused-ring (bicyclic) bond motifs is 1. The second-order valence-electron chi connectivity index (χ2n) is 8.30. The minimum Gasteiger partial charge on any atom is -0.343 e. The van der Waals surface area contributed by atoms with Crippen LogP contribution in [0.2, 0.25) is 0 Å². The normalized spacial score (nSPS) is 15.0. The van der Waals surface area contributed by atoms with Crippen molar-refractivity contribution in [1.82, 2.24) is 34.2 Å². The average molecular weight is 448 g/mol. The van der Waals surface area contributed by atoms with Gasteiger partial charge in [0.15, 0.2) is 5.82 Å². The maximum Gasteiger partial charge on any atom is 0.275 e. The summed E-state index contributed by atoms with van der Waals surface area (Å²) in [5.74, 6) is 1.32. The molecule has 0 saturated heterocycles. The number of imidazole rings is 1. The van der Waals surface area contributed by atoms with Crippen molar-refractivity contribution in [2.75, 3.05) is 0 Å². The van der Waals surface area contributed by atoms with E-state index in [4.69, 9.17) is 0 Å². The maximum atomic E-state index is 13.3. The van der Waals surface area contributed by atoms with Crippen LogP contribution in [0.1, 0.15) is 55.0 Å². The third kappa shape index (κ3) is 4.57. The molecule has 3 aromatic rings. The van der Waals surface area contributed by atoms with E-state index < -0.39 is 0 Å². The molecule has 0 radical (unpaired) electrons. The smallest absolute Gasteiger partial charge is 0.275 e. The number of amides is 1. The maximum absolute atomic E-state index is 13.3. The Morgan fingerprint density at radius 2 is 2.03 bits per heavy atom. The third-order valence-electron chi connectivity index (χ3n) is 6.03. The standard InChI is InChI=1S/C24H29N7O2/c1-5-16(3)12-30-19(8-9-20(24(30)33)29-13-17(4)26-15-29)23(32)25-11-22-28-27-21-10-7-18(6-2)14-31(21)22/h5-6,8-9,13,15H,7,10-12,14H2,1-4H3,(H,25,32)/b16-5-,18-6+. The molecule has 0 unspecified atom stereocenters. The number of nitrogens with zero attached hydrogens (tertiary/aromatic N) is 6. The number of aryl methyl sites for hydroxylation is 2. The Labute approximate surface area is 192 Å². The van der Waals surface area contributed by atoms with Crippen LogP contribution in [-0.4, -0.2) is 34.8 Å². The van der Waals surface area contributed by atoms with E-state index in [0.29, 0.717) is 23.8 Å². The minimum absolute atomic E-state index is 0.238. The molecule has 0 fully saturated rings. The second kappa shape index (κ2) is 9.40. The van der Waals surface area contributed by atoms with Crippen LogP contribution in [0.4, 0.5) is 0 Å². The molecular formula is C24H29N7O2. The Morgan fingerprint density at radius 3 is 2.73 bits per heavy atom. The molecule has 1 aliphatic heterocycles. The Bertz CT molecular complexity index is 1310. The van der Waals surface area contributed by atoms with Crippen LogP contribution >= 0.6 is 0 Å². The molecule has 0 atom stereocenters. The number of aromatic nitrogens is 6. The van der Waals surface area contributed by atoms with Gasteiger partial charge in [0.05, 0.1) is 18.6 Å². The van der Waals surface area contributed by atoms with Crippen LogP contribution in [0.3, 0.4) is 0 Å². The van der Waals surface area contributed by atoms with Crippen molar-refractivity contribution >= 4 is 5.91 Å². The van der Waals surface area contributed by atoms with Crippen molar-refractivity contribution in [2.24, 2.45) is 0 Å². The van der Waals surface area contributed by atoms with Gasteiger partial charge in [-0.05, 0) is 46.2 Å². The molecule has 0 aliphatic carbocycles. The summed E-state index contributed by atoms with van der Waals surface area (Å²) in [6.07, 6.45) is 9.28. The van der Waals surface area contributed by atoms with Gasteiger partial charge < -0.3 is 14.5 Å². The summed E-state index contributed by atoms with van der Waals surface area (Å²) in [5, 5.41) is 11.5. The number of hydrogen-bond acceptors (Lipinski definition) is 5. The molecule has 1 amide bonds. The summed E-state index contributed by atoms with van der Waals surface area (Å²) < 4.78 is 5.25. The van der Waals surface area contributed by atoms with Gasteiger partial charge in [-0.3, -0.25) is 14.2 Å². The van der Waals surface area contributed by atoms with E-state index in [1.54, 1.807) is 29.2 Å². The van der Waals surface area contributed by atoms with E-state index in [-0.39, 0.29) is 18.0 Å². The van der Waals surface area contributed by atoms with E-state index in [0.717, 1.165) is 36.5 Å². The number of carbonyl (C=O) groups excluding carboxylic acids is 1. The lowest BCUT2D eigenvalue weighted by molar-refractivity contribution is 0.0939. The summed E-state index contributed by atoms with van der Waals surface area (Å²) >= 11 is 0. The lowest BCUT2D eigenvalue weighted by Crippen LogP contribution is -2.34. The first-order valence-electron chi connectivity index (χ1n) is 11.1. The largest absolute Gasteiger partial charge is 0.343 e. The molecule has 0 saturated carbocycles. The highest BCUT2D eigenvalue weighted by molar-refractivity contribution is 5.92. The van der Waals surface area contributed by atoms with Gasteiger partial charge in [0.25, 0.3) is 11.5 Å². The number of hydrogen-bond donors (Lipinski definition) is 1. The average Bonchev–Trinajstić information content (AvgIpc) is 3.43. The first-order chi connectivity index (χ1) is 15.9. The van der Waals surface area contributed by atoms with Gasteiger partial charge in [0.2, 0.25) is 0 Å². The van der Waals surface area contributed by atoms with E-state index >= 15 is 0 Å². The lowest BCUT2D eigenvalue weighted by Gasteiger charge is -2.18. The van der Waals surface area contributed by atoms with E-state index in [1.807, 2.05) is 33.8 Å². The van der Waals surface area contributed by atoms with Gasteiger partial charge in [-0.25, -0.2) is 4.98 Å². The van der Waals surface area contributed by atoms with E-state index in [2.05, 4.69) is 31.1 Å². The molecule has 0 aromatic carbocycles. The fraction of sp³-hybridized carbons (Fsp3) is 0.375. The molecule has 0 spiro atoms. The van der Waals surface area contributed by atoms with Crippen LogP contribution < -0.4 is 10.9 Å². The molecule has 9 heteroatoms. The van der Waals surface area contributed by atoms with Crippen molar-refractivity contribution < 1.29 is 4.79 Å². The van der Waals surface area contributed by atoms with Crippen molar-refractivity contribution in [1.29, 1.82) is 0 Å². The summed E-state index contributed by atoms with van der Waals surface area (Å²) in [5.41, 5.74) is 3.62. The first kappa shape index (κ1) is 22.4. The SMILES string of the molecule is C/C=C(/C)Cn1c(C(=O)NCc2nnc3n2C/C(=C/C)CC3)ccc(-n2cnc(C)c2)c1=O. The van der Waals surface area contributed by atoms with Crippen molar-refractivity contribution in [3.05, 3.63) is 81.3 Å². The van der Waals surface area contributed by atoms with Gasteiger partial charge in [-0.15, -0.1) is 10.2 Å². The van der Waals surface area contributed by atoms with Gasteiger partial charge in [0, 0.05) is 25.7 Å². The zero-order valence-electron chi connectivity index (χ0n) is 19.5. The van der Waals surface area contributed by atoms with Crippen LogP contribution in [-0.2, 0) is 26.1 Å². The number of nitrogens with one attached hydrogen (secondary N) is 1. The zero-order valence-corrected chi connectivity index (χ0v) is 19.5. The van der Waals surface area contributed by atoms with Crippen molar-refractivity contribution in [3.63, 3.8) is 0 Å². The van der Waals surface area contributed by atoms with Crippen LogP contribution in [0.5, 0.6) is 0 Å². The summed E-state index contributed by atoms with van der Waals surface area (Å²) in [6, 6.07) is 3.35. The van der Waals surface area contributed by atoms with Gasteiger partial charge in [-0.2, -0.15) is 0 Å². The lowest BCUT2D eigenvalue weighted by atomic mass is 10.1. The number of pyridine rings is 1. The van der Waals surface area contributed by atoms with Gasteiger partial charge in [-0.1, -0.05) is 23.3 Å². The van der Waals surface area contributed by atoms with E-state index in [9.17, 15) is 9.59 Å². The van der Waals surface area contributed by atoms with Crippen LogP contribution in [0.25, 0.3) is 5.69 Å². The molecule has 3 aromatic heterocycles. The van der Waals surface area contributed by atoms with Gasteiger partial charge in [0.1, 0.15) is 17.2 Å². The molecule has 9 nitrogen and oxygen atoms in total. The fourth-order valence-electron chi connectivity index (χ4n) is 3.92. The van der Waals surface area contributed by atoms with Crippen LogP contribution in [0, 0.1) is 6.92 Å². The Balaban J connectivity index is 1.62. The molecule has 33 heavy (non-hydrogen) atoms. The van der Waals surface area contributed by atoms with Crippen molar-refractivity contribution in [3.8, 4) is 5.69 Å². The highest BCUT2D eigenvalue weighted by Crippen LogP contribution is 2.19.